The zero-order chi connectivity index (χ0) is 16.6. The molecule has 1 N–H and O–H groups in total. The third kappa shape index (κ3) is 3.11. The molecule has 0 radical (unpaired) electrons. The summed E-state index contributed by atoms with van der Waals surface area (Å²) in [6.45, 7) is -0.0201. The van der Waals surface area contributed by atoms with Gasteiger partial charge in [0.05, 0.1) is 15.7 Å². The van der Waals surface area contributed by atoms with E-state index in [0.29, 0.717) is 32.7 Å². The van der Waals surface area contributed by atoms with E-state index in [9.17, 15) is 9.59 Å². The fraction of sp³-hybridized carbons (Fsp3) is 0.125. The number of likely N-dealkylation sites (N-methyl/N-ethyl adjacent to an activating group) is 1. The molecule has 1 aliphatic rings. The number of benzene rings is 2. The van der Waals surface area contributed by atoms with E-state index in [4.69, 9.17) is 27.9 Å². The van der Waals surface area contributed by atoms with Gasteiger partial charge in [-0.2, -0.15) is 0 Å². The van der Waals surface area contributed by atoms with Crippen molar-refractivity contribution in [1.29, 1.82) is 0 Å². The Morgan fingerprint density at radius 3 is 2.70 bits per heavy atom. The Morgan fingerprint density at radius 1 is 1.17 bits per heavy atom. The molecule has 118 valence electrons. The first kappa shape index (κ1) is 15.6. The number of rotatable bonds is 2. The number of fused-ring (bicyclic) bond motifs is 1. The van der Waals surface area contributed by atoms with Crippen LogP contribution in [-0.2, 0) is 4.79 Å². The number of carbonyl (C=O) groups is 2. The zero-order valence-corrected chi connectivity index (χ0v) is 13.6. The molecular weight excluding hydrogens is 339 g/mol. The standard InChI is InChI=1S/C16H12Cl2N2O3/c1-20-13-5-3-10(7-14(13)23-8-15(20)21)19-16(22)9-2-4-11(17)12(18)6-9/h2-7H,8H2,1H3,(H,19,22). The second-order valence-electron chi connectivity index (χ2n) is 5.01. The summed E-state index contributed by atoms with van der Waals surface area (Å²) in [5.74, 6) is 0.105. The van der Waals surface area contributed by atoms with Crippen LogP contribution < -0.4 is 15.0 Å². The van der Waals surface area contributed by atoms with E-state index in [1.165, 1.54) is 11.0 Å². The Bertz CT molecular complexity index is 808. The SMILES string of the molecule is CN1C(=O)COc2cc(NC(=O)c3ccc(Cl)c(Cl)c3)ccc21. The Kier molecular flexibility index (Phi) is 4.15. The molecule has 5 nitrogen and oxygen atoms in total. The maximum atomic E-state index is 12.2. The lowest BCUT2D eigenvalue weighted by molar-refractivity contribution is -0.120. The van der Waals surface area contributed by atoms with Crippen molar-refractivity contribution < 1.29 is 14.3 Å². The number of halogens is 2. The molecule has 1 aliphatic heterocycles. The van der Waals surface area contributed by atoms with Crippen LogP contribution in [0.15, 0.2) is 36.4 Å². The van der Waals surface area contributed by atoms with Gasteiger partial charge >= 0.3 is 0 Å². The van der Waals surface area contributed by atoms with Gasteiger partial charge in [-0.1, -0.05) is 23.2 Å². The van der Waals surface area contributed by atoms with Gasteiger partial charge in [-0.3, -0.25) is 9.59 Å². The minimum absolute atomic E-state index is 0.0201. The predicted molar refractivity (Wildman–Crippen MR) is 89.8 cm³/mol. The number of ether oxygens (including phenoxy) is 1. The van der Waals surface area contributed by atoms with Gasteiger partial charge in [0.2, 0.25) is 0 Å². The van der Waals surface area contributed by atoms with E-state index in [1.54, 1.807) is 37.4 Å². The first-order chi connectivity index (χ1) is 11.0. The number of hydrogen-bond acceptors (Lipinski definition) is 3. The molecule has 0 spiro atoms. The summed E-state index contributed by atoms with van der Waals surface area (Å²) >= 11 is 11.8. The molecule has 0 fully saturated rings. The smallest absolute Gasteiger partial charge is 0.264 e. The average Bonchev–Trinajstić information content (AvgIpc) is 2.53. The van der Waals surface area contributed by atoms with Gasteiger partial charge < -0.3 is 15.0 Å². The van der Waals surface area contributed by atoms with Crippen LogP contribution in [0.1, 0.15) is 10.4 Å². The molecular formula is C16H12Cl2N2O3. The molecule has 2 amide bonds. The molecule has 0 saturated carbocycles. The molecule has 7 heteroatoms. The largest absolute Gasteiger partial charge is 0.481 e. The zero-order valence-electron chi connectivity index (χ0n) is 12.1. The molecule has 23 heavy (non-hydrogen) atoms. The number of anilines is 2. The van der Waals surface area contributed by atoms with Crippen molar-refractivity contribution in [2.45, 2.75) is 0 Å². The highest BCUT2D eigenvalue weighted by molar-refractivity contribution is 6.42. The minimum atomic E-state index is -0.316. The van der Waals surface area contributed by atoms with E-state index >= 15 is 0 Å². The number of hydrogen-bond donors (Lipinski definition) is 1. The van der Waals surface area contributed by atoms with Crippen LogP contribution in [0.2, 0.25) is 10.0 Å². The highest BCUT2D eigenvalue weighted by atomic mass is 35.5. The number of nitrogens with one attached hydrogen (secondary N) is 1. The lowest BCUT2D eigenvalue weighted by Gasteiger charge is -2.26. The van der Waals surface area contributed by atoms with Crippen molar-refractivity contribution in [2.75, 3.05) is 23.9 Å². The average molecular weight is 351 g/mol. The van der Waals surface area contributed by atoms with Crippen LogP contribution in [-0.4, -0.2) is 25.5 Å². The van der Waals surface area contributed by atoms with Crippen LogP contribution in [0.25, 0.3) is 0 Å². The highest BCUT2D eigenvalue weighted by Crippen LogP contribution is 2.33. The topological polar surface area (TPSA) is 58.6 Å². The van der Waals surface area contributed by atoms with E-state index in [0.717, 1.165) is 0 Å². The van der Waals surface area contributed by atoms with Crippen molar-refractivity contribution in [3.8, 4) is 5.75 Å². The van der Waals surface area contributed by atoms with Crippen molar-refractivity contribution in [3.05, 3.63) is 52.0 Å². The van der Waals surface area contributed by atoms with Crippen molar-refractivity contribution in [2.24, 2.45) is 0 Å². The lowest BCUT2D eigenvalue weighted by atomic mass is 10.2. The summed E-state index contributed by atoms with van der Waals surface area (Å²) < 4.78 is 5.39. The van der Waals surface area contributed by atoms with Crippen molar-refractivity contribution >= 4 is 46.4 Å². The Morgan fingerprint density at radius 2 is 1.96 bits per heavy atom. The van der Waals surface area contributed by atoms with Crippen LogP contribution in [0.5, 0.6) is 5.75 Å². The molecule has 0 atom stereocenters. The van der Waals surface area contributed by atoms with E-state index in [2.05, 4.69) is 5.32 Å². The highest BCUT2D eigenvalue weighted by Gasteiger charge is 2.22. The normalized spacial score (nSPS) is 13.3. The van der Waals surface area contributed by atoms with Crippen molar-refractivity contribution in [3.63, 3.8) is 0 Å². The maximum Gasteiger partial charge on any atom is 0.264 e. The van der Waals surface area contributed by atoms with Gasteiger partial charge in [0, 0.05) is 24.4 Å². The quantitative estimate of drug-likeness (QED) is 0.899. The van der Waals surface area contributed by atoms with Gasteiger partial charge in [0.15, 0.2) is 6.61 Å². The second kappa shape index (κ2) is 6.10. The molecule has 1 heterocycles. The van der Waals surface area contributed by atoms with Crippen LogP contribution in [0.4, 0.5) is 11.4 Å². The predicted octanol–water partition coefficient (Wildman–Crippen LogP) is 3.60. The number of amides is 2. The molecule has 3 rings (SSSR count). The van der Waals surface area contributed by atoms with Gasteiger partial charge in [-0.15, -0.1) is 0 Å². The summed E-state index contributed by atoms with van der Waals surface area (Å²) in [6.07, 6.45) is 0. The summed E-state index contributed by atoms with van der Waals surface area (Å²) in [4.78, 5) is 25.3. The fourth-order valence-electron chi connectivity index (χ4n) is 2.20. The van der Waals surface area contributed by atoms with Crippen LogP contribution >= 0.6 is 23.2 Å². The van der Waals surface area contributed by atoms with Gasteiger partial charge in [-0.25, -0.2) is 0 Å². The molecule has 0 unspecified atom stereocenters. The third-order valence-electron chi connectivity index (χ3n) is 3.49. The molecule has 0 saturated heterocycles. The summed E-state index contributed by atoms with van der Waals surface area (Å²) in [6, 6.07) is 9.75. The van der Waals surface area contributed by atoms with Crippen LogP contribution in [0.3, 0.4) is 0 Å². The molecule has 0 aliphatic carbocycles. The van der Waals surface area contributed by atoms with E-state index in [-0.39, 0.29) is 18.4 Å². The van der Waals surface area contributed by atoms with E-state index in [1.807, 2.05) is 0 Å². The summed E-state index contributed by atoms with van der Waals surface area (Å²) in [7, 11) is 1.68. The van der Waals surface area contributed by atoms with Gasteiger partial charge in [0.1, 0.15) is 5.75 Å². The molecule has 0 aromatic heterocycles. The maximum absolute atomic E-state index is 12.2. The summed E-state index contributed by atoms with van der Waals surface area (Å²) in [5, 5.41) is 3.46. The minimum Gasteiger partial charge on any atom is -0.481 e. The first-order valence-electron chi connectivity index (χ1n) is 6.75. The monoisotopic (exact) mass is 350 g/mol. The van der Waals surface area contributed by atoms with Gasteiger partial charge in [0.25, 0.3) is 11.8 Å². The Labute approximate surface area is 142 Å². The molecule has 2 aromatic rings. The van der Waals surface area contributed by atoms with E-state index < -0.39 is 0 Å². The number of carbonyl (C=O) groups excluding carboxylic acids is 2. The van der Waals surface area contributed by atoms with Crippen LogP contribution in [0, 0.1) is 0 Å². The van der Waals surface area contributed by atoms with Gasteiger partial charge in [-0.05, 0) is 30.3 Å². The third-order valence-corrected chi connectivity index (χ3v) is 4.23. The fourth-order valence-corrected chi connectivity index (χ4v) is 2.49. The molecule has 0 bridgehead atoms. The Hall–Kier alpha value is -2.24. The second-order valence-corrected chi connectivity index (χ2v) is 5.82. The first-order valence-corrected chi connectivity index (χ1v) is 7.51. The summed E-state index contributed by atoms with van der Waals surface area (Å²) in [5.41, 5.74) is 1.61. The Balaban J connectivity index is 1.82. The molecule has 2 aromatic carbocycles. The van der Waals surface area contributed by atoms with Crippen molar-refractivity contribution in [1.82, 2.24) is 0 Å². The number of nitrogens with zero attached hydrogens (tertiary/aromatic N) is 1. The lowest BCUT2D eigenvalue weighted by Crippen LogP contribution is -2.35.